The minimum absolute atomic E-state index is 0.173. The first-order valence-corrected chi connectivity index (χ1v) is 7.15. The largest absolute Gasteiger partial charge is 0.392 e. The highest BCUT2D eigenvalue weighted by Crippen LogP contribution is 2.40. The van der Waals surface area contributed by atoms with Crippen LogP contribution in [0.25, 0.3) is 0 Å². The Morgan fingerprint density at radius 3 is 2.19 bits per heavy atom. The van der Waals surface area contributed by atoms with Gasteiger partial charge < -0.3 is 5.11 Å². The predicted octanol–water partition coefficient (Wildman–Crippen LogP) is 0.322. The summed E-state index contributed by atoms with van der Waals surface area (Å²) in [7, 11) is -3.40. The van der Waals surface area contributed by atoms with E-state index in [2.05, 4.69) is 4.72 Å². The molecule has 16 heavy (non-hydrogen) atoms. The van der Waals surface area contributed by atoms with E-state index in [4.69, 9.17) is 0 Å². The Hall–Kier alpha value is -0.170. The summed E-state index contributed by atoms with van der Waals surface area (Å²) in [5.74, 6) is 0. The highest BCUT2D eigenvalue weighted by molar-refractivity contribution is 7.87. The highest BCUT2D eigenvalue weighted by atomic mass is 32.2. The van der Waals surface area contributed by atoms with Crippen LogP contribution in [0.1, 0.15) is 34.1 Å². The van der Waals surface area contributed by atoms with E-state index in [1.807, 2.05) is 27.7 Å². The van der Waals surface area contributed by atoms with Crippen LogP contribution in [0.3, 0.4) is 0 Å². The Morgan fingerprint density at radius 2 is 1.88 bits per heavy atom. The van der Waals surface area contributed by atoms with Crippen LogP contribution in [0.5, 0.6) is 0 Å². The minimum atomic E-state index is -3.40. The van der Waals surface area contributed by atoms with Crippen molar-refractivity contribution in [2.24, 2.45) is 5.41 Å². The molecule has 96 valence electrons. The van der Waals surface area contributed by atoms with Gasteiger partial charge in [-0.2, -0.15) is 17.4 Å². The molecule has 2 unspecified atom stereocenters. The molecule has 0 heterocycles. The molecule has 1 rings (SSSR count). The monoisotopic (exact) mass is 250 g/mol. The normalized spacial score (nSPS) is 29.1. The summed E-state index contributed by atoms with van der Waals surface area (Å²) in [5, 5.41) is 9.55. The summed E-state index contributed by atoms with van der Waals surface area (Å²) in [6, 6.07) is -0.173. The quantitative estimate of drug-likeness (QED) is 0.738. The maximum atomic E-state index is 11.9. The van der Waals surface area contributed by atoms with Crippen LogP contribution in [0.4, 0.5) is 0 Å². The van der Waals surface area contributed by atoms with Crippen molar-refractivity contribution in [2.45, 2.75) is 46.3 Å². The second kappa shape index (κ2) is 4.60. The van der Waals surface area contributed by atoms with Crippen molar-refractivity contribution in [1.82, 2.24) is 9.03 Å². The fraction of sp³-hybridized carbons (Fsp3) is 1.00. The molecule has 1 aliphatic rings. The number of hydrogen-bond donors (Lipinski definition) is 2. The van der Waals surface area contributed by atoms with Crippen LogP contribution in [0.15, 0.2) is 0 Å². The molecule has 1 fully saturated rings. The van der Waals surface area contributed by atoms with Crippen LogP contribution in [0.2, 0.25) is 0 Å². The number of hydrogen-bond acceptors (Lipinski definition) is 3. The molecule has 5 nitrogen and oxygen atoms in total. The molecule has 0 radical (unpaired) electrons. The molecule has 0 saturated heterocycles. The zero-order valence-electron chi connectivity index (χ0n) is 10.4. The average Bonchev–Trinajstić information content (AvgIpc) is 2.18. The molecule has 0 aromatic heterocycles. The smallest absolute Gasteiger partial charge is 0.279 e. The molecule has 0 aromatic carbocycles. The minimum Gasteiger partial charge on any atom is -0.392 e. The van der Waals surface area contributed by atoms with Crippen LogP contribution in [-0.2, 0) is 10.2 Å². The first kappa shape index (κ1) is 13.9. The fourth-order valence-corrected chi connectivity index (χ4v) is 3.51. The molecule has 0 spiro atoms. The van der Waals surface area contributed by atoms with Crippen molar-refractivity contribution in [2.75, 3.05) is 13.1 Å². The van der Waals surface area contributed by atoms with E-state index in [-0.39, 0.29) is 11.5 Å². The van der Waals surface area contributed by atoms with Gasteiger partial charge in [0.1, 0.15) is 0 Å². The van der Waals surface area contributed by atoms with Crippen molar-refractivity contribution in [3.63, 3.8) is 0 Å². The molecule has 6 heteroatoms. The second-order valence-electron chi connectivity index (χ2n) is 4.83. The number of aliphatic hydroxyl groups is 1. The van der Waals surface area contributed by atoms with Crippen LogP contribution < -0.4 is 4.72 Å². The van der Waals surface area contributed by atoms with Crippen molar-refractivity contribution in [3.05, 3.63) is 0 Å². The van der Waals surface area contributed by atoms with Gasteiger partial charge in [-0.25, -0.2) is 0 Å². The van der Waals surface area contributed by atoms with Gasteiger partial charge in [-0.05, 0) is 6.42 Å². The number of nitrogens with one attached hydrogen (secondary N) is 1. The van der Waals surface area contributed by atoms with Crippen LogP contribution in [-0.4, -0.2) is 43.1 Å². The Bertz CT molecular complexity index is 336. The molecule has 0 aliphatic heterocycles. The topological polar surface area (TPSA) is 69.6 Å². The third-order valence-electron chi connectivity index (χ3n) is 3.55. The van der Waals surface area contributed by atoms with E-state index in [9.17, 15) is 13.5 Å². The summed E-state index contributed by atoms with van der Waals surface area (Å²) < 4.78 is 27.9. The molecular formula is C10H22N2O3S. The summed E-state index contributed by atoms with van der Waals surface area (Å²) in [5.41, 5.74) is -0.375. The maximum absolute atomic E-state index is 11.9. The number of aliphatic hydroxyl groups excluding tert-OH is 1. The van der Waals surface area contributed by atoms with Gasteiger partial charge in [0, 0.05) is 24.5 Å². The van der Waals surface area contributed by atoms with Gasteiger partial charge in [0.25, 0.3) is 10.2 Å². The number of nitrogens with zero attached hydrogens (tertiary/aromatic N) is 1. The predicted molar refractivity (Wildman–Crippen MR) is 63.2 cm³/mol. The van der Waals surface area contributed by atoms with Gasteiger partial charge in [-0.1, -0.05) is 27.7 Å². The van der Waals surface area contributed by atoms with Crippen molar-refractivity contribution >= 4 is 10.2 Å². The highest BCUT2D eigenvalue weighted by Gasteiger charge is 2.49. The van der Waals surface area contributed by atoms with E-state index in [0.717, 1.165) is 0 Å². The molecule has 1 aliphatic carbocycles. The van der Waals surface area contributed by atoms with Crippen molar-refractivity contribution in [1.29, 1.82) is 0 Å². The Labute approximate surface area is 98.0 Å². The first-order valence-electron chi connectivity index (χ1n) is 5.71. The first-order chi connectivity index (χ1) is 7.25. The summed E-state index contributed by atoms with van der Waals surface area (Å²) in [6.45, 7) is 8.28. The molecule has 2 atom stereocenters. The maximum Gasteiger partial charge on any atom is 0.279 e. The molecular weight excluding hydrogens is 228 g/mol. The van der Waals surface area contributed by atoms with E-state index in [1.165, 1.54) is 4.31 Å². The zero-order valence-corrected chi connectivity index (χ0v) is 11.2. The van der Waals surface area contributed by atoms with Crippen molar-refractivity contribution in [3.8, 4) is 0 Å². The van der Waals surface area contributed by atoms with Crippen LogP contribution >= 0.6 is 0 Å². The Morgan fingerprint density at radius 1 is 1.38 bits per heavy atom. The molecule has 0 amide bonds. The summed E-state index contributed by atoms with van der Waals surface area (Å²) >= 11 is 0. The molecule has 0 aromatic rings. The second-order valence-corrected chi connectivity index (χ2v) is 6.53. The fourth-order valence-electron chi connectivity index (χ4n) is 1.92. The lowest BCUT2D eigenvalue weighted by Gasteiger charge is -2.49. The lowest BCUT2D eigenvalue weighted by atomic mass is 9.65. The van der Waals surface area contributed by atoms with Gasteiger partial charge in [0.05, 0.1) is 6.10 Å². The van der Waals surface area contributed by atoms with E-state index in [0.29, 0.717) is 19.5 Å². The van der Waals surface area contributed by atoms with E-state index < -0.39 is 16.3 Å². The van der Waals surface area contributed by atoms with E-state index in [1.54, 1.807) is 0 Å². The van der Waals surface area contributed by atoms with Crippen molar-refractivity contribution < 1.29 is 13.5 Å². The van der Waals surface area contributed by atoms with Gasteiger partial charge in [-0.3, -0.25) is 0 Å². The third kappa shape index (κ3) is 2.40. The summed E-state index contributed by atoms with van der Waals surface area (Å²) in [6.07, 6.45) is 0.0740. The standard InChI is InChI=1S/C10H22N2O3S/c1-5-12(6-2)16(14,15)11-8-7-9(13)10(8,3)4/h8-9,11,13H,5-7H2,1-4H3. The van der Waals surface area contributed by atoms with Gasteiger partial charge in [-0.15, -0.1) is 0 Å². The third-order valence-corrected chi connectivity index (χ3v) is 5.33. The molecule has 2 N–H and O–H groups in total. The van der Waals surface area contributed by atoms with Gasteiger partial charge in [0.15, 0.2) is 0 Å². The zero-order chi connectivity index (χ0) is 12.6. The SMILES string of the molecule is CCN(CC)S(=O)(=O)NC1CC(O)C1(C)C. The molecule has 1 saturated carbocycles. The lowest BCUT2D eigenvalue weighted by Crippen LogP contribution is -2.62. The van der Waals surface area contributed by atoms with Gasteiger partial charge >= 0.3 is 0 Å². The Kier molecular flexibility index (Phi) is 3.99. The van der Waals surface area contributed by atoms with E-state index >= 15 is 0 Å². The lowest BCUT2D eigenvalue weighted by molar-refractivity contribution is -0.0649. The summed E-state index contributed by atoms with van der Waals surface area (Å²) in [4.78, 5) is 0. The average molecular weight is 250 g/mol. The van der Waals surface area contributed by atoms with Gasteiger partial charge in [0.2, 0.25) is 0 Å². The van der Waals surface area contributed by atoms with Crippen LogP contribution in [0, 0.1) is 5.41 Å². The Balaban J connectivity index is 2.68. The number of rotatable bonds is 5. The molecule has 0 bridgehead atoms.